The van der Waals surface area contributed by atoms with E-state index in [0.717, 1.165) is 10.0 Å². The Labute approximate surface area is 90.2 Å². The average Bonchev–Trinajstić information content (AvgIpc) is 2.11. The molecule has 1 aromatic rings. The molecule has 0 saturated heterocycles. The van der Waals surface area contributed by atoms with Gasteiger partial charge in [-0.2, -0.15) is 5.26 Å². The van der Waals surface area contributed by atoms with Gasteiger partial charge in [-0.1, -0.05) is 11.6 Å². The van der Waals surface area contributed by atoms with Crippen LogP contribution in [0, 0.1) is 11.3 Å². The molecule has 0 aromatic heterocycles. The zero-order valence-electron chi connectivity index (χ0n) is 6.97. The molecule has 0 radical (unpaired) electrons. The Morgan fingerprint density at radius 2 is 2.31 bits per heavy atom. The van der Waals surface area contributed by atoms with Crippen molar-refractivity contribution in [2.24, 2.45) is 0 Å². The van der Waals surface area contributed by atoms with Gasteiger partial charge in [-0.15, -0.1) is 0 Å². The van der Waals surface area contributed by atoms with Gasteiger partial charge in [-0.05, 0) is 28.1 Å². The highest BCUT2D eigenvalue weighted by Crippen LogP contribution is 2.30. The molecular formula is C9H7BrClNO. The van der Waals surface area contributed by atoms with Gasteiger partial charge in [0.05, 0.1) is 24.6 Å². The number of hydrogen-bond acceptors (Lipinski definition) is 2. The lowest BCUT2D eigenvalue weighted by molar-refractivity contribution is 0.410. The number of benzene rings is 1. The molecule has 0 aliphatic rings. The van der Waals surface area contributed by atoms with Crippen molar-refractivity contribution in [2.45, 2.75) is 6.42 Å². The van der Waals surface area contributed by atoms with Crippen molar-refractivity contribution in [1.29, 1.82) is 5.26 Å². The standard InChI is InChI=1S/C9H7BrClNO/c1-13-9-5-7(10)8(11)4-6(9)2-3-12/h4-5H,2H2,1H3. The van der Waals surface area contributed by atoms with Crippen molar-refractivity contribution < 1.29 is 4.74 Å². The van der Waals surface area contributed by atoms with Crippen molar-refractivity contribution in [1.82, 2.24) is 0 Å². The van der Waals surface area contributed by atoms with Crippen LogP contribution in [0.2, 0.25) is 5.02 Å². The van der Waals surface area contributed by atoms with E-state index >= 15 is 0 Å². The number of nitriles is 1. The molecule has 13 heavy (non-hydrogen) atoms. The first kappa shape index (κ1) is 10.4. The topological polar surface area (TPSA) is 33.0 Å². The van der Waals surface area contributed by atoms with Crippen LogP contribution in [0.25, 0.3) is 0 Å². The van der Waals surface area contributed by atoms with Crippen molar-refractivity contribution >= 4 is 27.5 Å². The molecule has 4 heteroatoms. The summed E-state index contributed by atoms with van der Waals surface area (Å²) in [7, 11) is 1.57. The van der Waals surface area contributed by atoms with Crippen molar-refractivity contribution in [3.05, 3.63) is 27.2 Å². The highest BCUT2D eigenvalue weighted by atomic mass is 79.9. The minimum Gasteiger partial charge on any atom is -0.496 e. The first-order valence-corrected chi connectivity index (χ1v) is 4.75. The maximum atomic E-state index is 8.54. The zero-order chi connectivity index (χ0) is 9.84. The summed E-state index contributed by atoms with van der Waals surface area (Å²) in [5, 5.41) is 9.13. The summed E-state index contributed by atoms with van der Waals surface area (Å²) in [6.45, 7) is 0. The summed E-state index contributed by atoms with van der Waals surface area (Å²) >= 11 is 9.14. The molecule has 1 aromatic carbocycles. The molecule has 2 nitrogen and oxygen atoms in total. The average molecular weight is 261 g/mol. The van der Waals surface area contributed by atoms with E-state index in [9.17, 15) is 0 Å². The lowest BCUT2D eigenvalue weighted by Crippen LogP contribution is -1.91. The third-order valence-electron chi connectivity index (χ3n) is 1.59. The van der Waals surface area contributed by atoms with Crippen LogP contribution in [0.4, 0.5) is 0 Å². The van der Waals surface area contributed by atoms with Gasteiger partial charge in [0, 0.05) is 10.0 Å². The molecular weight excluding hydrogens is 253 g/mol. The monoisotopic (exact) mass is 259 g/mol. The Morgan fingerprint density at radius 1 is 1.62 bits per heavy atom. The second-order valence-corrected chi connectivity index (χ2v) is 3.67. The molecule has 0 saturated carbocycles. The molecule has 0 spiro atoms. The van der Waals surface area contributed by atoms with E-state index in [0.29, 0.717) is 17.2 Å². The van der Waals surface area contributed by atoms with Crippen LogP contribution in [0.5, 0.6) is 5.75 Å². The minimum atomic E-state index is 0.302. The van der Waals surface area contributed by atoms with Crippen molar-refractivity contribution in [3.63, 3.8) is 0 Å². The number of ether oxygens (including phenoxy) is 1. The van der Waals surface area contributed by atoms with Gasteiger partial charge in [-0.3, -0.25) is 0 Å². The zero-order valence-corrected chi connectivity index (χ0v) is 9.32. The minimum absolute atomic E-state index is 0.302. The third kappa shape index (κ3) is 2.36. The largest absolute Gasteiger partial charge is 0.496 e. The van der Waals surface area contributed by atoms with Crippen LogP contribution < -0.4 is 4.74 Å². The summed E-state index contributed by atoms with van der Waals surface area (Å²) in [5.41, 5.74) is 0.804. The van der Waals surface area contributed by atoms with Crippen LogP contribution in [0.15, 0.2) is 16.6 Å². The lowest BCUT2D eigenvalue weighted by atomic mass is 10.1. The van der Waals surface area contributed by atoms with E-state index in [1.54, 1.807) is 19.2 Å². The second kappa shape index (κ2) is 4.50. The SMILES string of the molecule is COc1cc(Br)c(Cl)cc1CC#N. The maximum Gasteiger partial charge on any atom is 0.124 e. The van der Waals surface area contributed by atoms with E-state index in [1.807, 2.05) is 0 Å². The summed E-state index contributed by atoms with van der Waals surface area (Å²) in [5.74, 6) is 0.679. The Hall–Kier alpha value is -0.720. The Bertz CT molecular complexity index is 359. The highest BCUT2D eigenvalue weighted by Gasteiger charge is 2.06. The summed E-state index contributed by atoms with van der Waals surface area (Å²) in [6, 6.07) is 5.54. The first-order chi connectivity index (χ1) is 6.19. The van der Waals surface area contributed by atoms with Gasteiger partial charge in [0.25, 0.3) is 0 Å². The van der Waals surface area contributed by atoms with Gasteiger partial charge in [0.2, 0.25) is 0 Å². The quantitative estimate of drug-likeness (QED) is 0.818. The van der Waals surface area contributed by atoms with E-state index in [-0.39, 0.29) is 0 Å². The molecule has 0 amide bonds. The van der Waals surface area contributed by atoms with Crippen LogP contribution in [0.1, 0.15) is 5.56 Å². The fraction of sp³-hybridized carbons (Fsp3) is 0.222. The third-order valence-corrected chi connectivity index (χ3v) is 2.79. The fourth-order valence-electron chi connectivity index (χ4n) is 0.983. The van der Waals surface area contributed by atoms with E-state index < -0.39 is 0 Å². The summed E-state index contributed by atoms with van der Waals surface area (Å²) < 4.78 is 5.86. The summed E-state index contributed by atoms with van der Waals surface area (Å²) in [6.07, 6.45) is 0.302. The van der Waals surface area contributed by atoms with Crippen molar-refractivity contribution in [3.8, 4) is 11.8 Å². The highest BCUT2D eigenvalue weighted by molar-refractivity contribution is 9.10. The number of halogens is 2. The number of rotatable bonds is 2. The van der Waals surface area contributed by atoms with Gasteiger partial charge in [-0.25, -0.2) is 0 Å². The van der Waals surface area contributed by atoms with E-state index in [1.165, 1.54) is 0 Å². The van der Waals surface area contributed by atoms with Gasteiger partial charge in [0.15, 0.2) is 0 Å². The normalized spacial score (nSPS) is 9.38. The van der Waals surface area contributed by atoms with Gasteiger partial charge >= 0.3 is 0 Å². The van der Waals surface area contributed by atoms with Crippen LogP contribution in [-0.2, 0) is 6.42 Å². The predicted molar refractivity (Wildman–Crippen MR) is 55.0 cm³/mol. The summed E-state index contributed by atoms with van der Waals surface area (Å²) in [4.78, 5) is 0. The maximum absolute atomic E-state index is 8.54. The van der Waals surface area contributed by atoms with E-state index in [2.05, 4.69) is 22.0 Å². The fourth-order valence-corrected chi connectivity index (χ4v) is 1.49. The van der Waals surface area contributed by atoms with Crippen LogP contribution in [0.3, 0.4) is 0 Å². The molecule has 68 valence electrons. The Balaban J connectivity index is 3.18. The second-order valence-electron chi connectivity index (χ2n) is 2.41. The van der Waals surface area contributed by atoms with Crippen LogP contribution in [-0.4, -0.2) is 7.11 Å². The van der Waals surface area contributed by atoms with Gasteiger partial charge < -0.3 is 4.74 Å². The number of methoxy groups -OCH3 is 1. The Kier molecular flexibility index (Phi) is 3.58. The molecule has 0 heterocycles. The number of nitrogens with zero attached hydrogens (tertiary/aromatic N) is 1. The molecule has 1 rings (SSSR count). The Morgan fingerprint density at radius 3 is 2.85 bits per heavy atom. The molecule has 0 aliphatic carbocycles. The lowest BCUT2D eigenvalue weighted by Gasteiger charge is -2.06. The smallest absolute Gasteiger partial charge is 0.124 e. The van der Waals surface area contributed by atoms with E-state index in [4.69, 9.17) is 21.6 Å². The van der Waals surface area contributed by atoms with Crippen molar-refractivity contribution in [2.75, 3.05) is 7.11 Å². The molecule has 0 aliphatic heterocycles. The first-order valence-electron chi connectivity index (χ1n) is 3.58. The molecule has 0 unspecified atom stereocenters. The molecule has 0 N–H and O–H groups in total. The predicted octanol–water partition coefficient (Wildman–Crippen LogP) is 3.18. The molecule has 0 fully saturated rings. The number of hydrogen-bond donors (Lipinski definition) is 0. The molecule has 0 bridgehead atoms. The van der Waals surface area contributed by atoms with Crippen LogP contribution >= 0.6 is 27.5 Å². The molecule has 0 atom stereocenters. The van der Waals surface area contributed by atoms with Gasteiger partial charge in [0.1, 0.15) is 5.75 Å².